The van der Waals surface area contributed by atoms with Gasteiger partial charge < -0.3 is 10.5 Å². The van der Waals surface area contributed by atoms with Crippen LogP contribution in [0, 0.1) is 6.92 Å². The molecule has 1 aromatic carbocycles. The van der Waals surface area contributed by atoms with Crippen molar-refractivity contribution in [2.45, 2.75) is 26.0 Å². The average Bonchev–Trinajstić information content (AvgIpc) is 2.65. The molecule has 2 rings (SSSR count). The Balaban J connectivity index is 2.26. The summed E-state index contributed by atoms with van der Waals surface area (Å²) in [6, 6.07) is 6.10. The number of ether oxygens (including phenoxy) is 1. The summed E-state index contributed by atoms with van der Waals surface area (Å²) in [5.74, 6) is 0.106. The van der Waals surface area contributed by atoms with Gasteiger partial charge in [-0.05, 0) is 28.9 Å². The highest BCUT2D eigenvalue weighted by atomic mass is 79.9. The summed E-state index contributed by atoms with van der Waals surface area (Å²) in [5.41, 5.74) is 8.48. The molecule has 0 saturated heterocycles. The summed E-state index contributed by atoms with van der Waals surface area (Å²) < 4.78 is 32.0. The van der Waals surface area contributed by atoms with Crippen LogP contribution in [0.1, 0.15) is 23.0 Å². The number of benzene rings is 1. The second-order valence-corrected chi connectivity index (χ2v) is 5.49. The van der Waals surface area contributed by atoms with Crippen molar-refractivity contribution in [3.05, 3.63) is 45.7 Å². The molecule has 2 aromatic rings. The number of nitrogens with two attached hydrogens (primary N) is 1. The lowest BCUT2D eigenvalue weighted by Gasteiger charge is -2.17. The van der Waals surface area contributed by atoms with Crippen LogP contribution in [-0.4, -0.2) is 16.4 Å². The van der Waals surface area contributed by atoms with E-state index in [2.05, 4.69) is 25.8 Å². The first-order chi connectivity index (χ1) is 9.90. The lowest BCUT2D eigenvalue weighted by atomic mass is 10.0. The number of para-hydroxylation sites is 1. The van der Waals surface area contributed by atoms with E-state index in [1.54, 1.807) is 22.9 Å². The van der Waals surface area contributed by atoms with E-state index in [1.165, 1.54) is 6.07 Å². The molecule has 1 heterocycles. The van der Waals surface area contributed by atoms with Crippen molar-refractivity contribution in [1.82, 2.24) is 9.78 Å². The van der Waals surface area contributed by atoms with E-state index >= 15 is 0 Å². The Labute approximate surface area is 130 Å². The number of aromatic nitrogens is 2. The molecular weight excluding hydrogens is 344 g/mol. The van der Waals surface area contributed by atoms with Crippen LogP contribution in [0.4, 0.5) is 8.78 Å². The van der Waals surface area contributed by atoms with Gasteiger partial charge in [0.15, 0.2) is 0 Å². The van der Waals surface area contributed by atoms with Gasteiger partial charge in [0.2, 0.25) is 0 Å². The summed E-state index contributed by atoms with van der Waals surface area (Å²) in [5, 5.41) is 4.29. The fourth-order valence-electron chi connectivity index (χ4n) is 2.21. The number of aryl methyl sites for hydroxylation is 2. The molecule has 0 aliphatic heterocycles. The van der Waals surface area contributed by atoms with Gasteiger partial charge in [0.05, 0.1) is 15.9 Å². The third kappa shape index (κ3) is 3.59. The van der Waals surface area contributed by atoms with Crippen LogP contribution in [0.2, 0.25) is 0 Å². The van der Waals surface area contributed by atoms with Gasteiger partial charge in [0.1, 0.15) is 5.75 Å². The maximum atomic E-state index is 12.4. The van der Waals surface area contributed by atoms with Gasteiger partial charge >= 0.3 is 6.61 Å². The minimum absolute atomic E-state index is 0.106. The molecule has 1 unspecified atom stereocenters. The SMILES string of the molecule is Cc1nn(C)c(CC(N)c2ccccc2OC(F)F)c1Br. The maximum absolute atomic E-state index is 12.4. The third-order valence-corrected chi connectivity index (χ3v) is 4.24. The fraction of sp³-hybridized carbons (Fsp3) is 0.357. The van der Waals surface area contributed by atoms with Gasteiger partial charge in [-0.25, -0.2) is 0 Å². The molecule has 0 amide bonds. The topological polar surface area (TPSA) is 53.1 Å². The van der Waals surface area contributed by atoms with E-state index in [4.69, 9.17) is 5.73 Å². The smallest absolute Gasteiger partial charge is 0.387 e. The molecule has 2 N–H and O–H groups in total. The Hall–Kier alpha value is -1.47. The lowest BCUT2D eigenvalue weighted by Crippen LogP contribution is -2.17. The van der Waals surface area contributed by atoms with E-state index in [1.807, 2.05) is 14.0 Å². The number of hydrogen-bond donors (Lipinski definition) is 1. The number of alkyl halides is 2. The van der Waals surface area contributed by atoms with Gasteiger partial charge in [-0.15, -0.1) is 0 Å². The van der Waals surface area contributed by atoms with Crippen LogP contribution >= 0.6 is 15.9 Å². The van der Waals surface area contributed by atoms with Crippen molar-refractivity contribution in [3.63, 3.8) is 0 Å². The van der Waals surface area contributed by atoms with Crippen LogP contribution in [0.5, 0.6) is 5.75 Å². The molecule has 21 heavy (non-hydrogen) atoms. The number of hydrogen-bond acceptors (Lipinski definition) is 3. The van der Waals surface area contributed by atoms with Crippen molar-refractivity contribution >= 4 is 15.9 Å². The Morgan fingerprint density at radius 1 is 1.38 bits per heavy atom. The third-order valence-electron chi connectivity index (χ3n) is 3.21. The number of halogens is 3. The summed E-state index contributed by atoms with van der Waals surface area (Å²) in [4.78, 5) is 0. The Kier molecular flexibility index (Phi) is 4.95. The first kappa shape index (κ1) is 15.9. The molecule has 114 valence electrons. The average molecular weight is 360 g/mol. The zero-order valence-corrected chi connectivity index (χ0v) is 13.3. The minimum atomic E-state index is -2.87. The van der Waals surface area contributed by atoms with Gasteiger partial charge in [-0.3, -0.25) is 4.68 Å². The van der Waals surface area contributed by atoms with Crippen molar-refractivity contribution < 1.29 is 13.5 Å². The Morgan fingerprint density at radius 2 is 2.05 bits per heavy atom. The predicted octanol–water partition coefficient (Wildman–Crippen LogP) is 3.33. The molecule has 7 heteroatoms. The molecule has 0 bridgehead atoms. The summed E-state index contributed by atoms with van der Waals surface area (Å²) in [7, 11) is 1.82. The second kappa shape index (κ2) is 6.53. The molecule has 0 spiro atoms. The van der Waals surface area contributed by atoms with Crippen LogP contribution in [0.25, 0.3) is 0 Å². The van der Waals surface area contributed by atoms with Crippen molar-refractivity contribution in [3.8, 4) is 5.75 Å². The standard InChI is InChI=1S/C14H16BrF2N3O/c1-8-13(15)11(20(2)19-8)7-10(18)9-5-3-4-6-12(9)21-14(16)17/h3-6,10,14H,7,18H2,1-2H3. The van der Waals surface area contributed by atoms with Crippen LogP contribution in [0.15, 0.2) is 28.7 Å². The van der Waals surface area contributed by atoms with Crippen LogP contribution in [-0.2, 0) is 13.5 Å². The minimum Gasteiger partial charge on any atom is -0.434 e. The summed E-state index contributed by atoms with van der Waals surface area (Å²) in [6.07, 6.45) is 0.460. The largest absolute Gasteiger partial charge is 0.434 e. The van der Waals surface area contributed by atoms with Crippen LogP contribution < -0.4 is 10.5 Å². The monoisotopic (exact) mass is 359 g/mol. The molecule has 0 radical (unpaired) electrons. The highest BCUT2D eigenvalue weighted by Crippen LogP contribution is 2.30. The maximum Gasteiger partial charge on any atom is 0.387 e. The molecule has 1 aromatic heterocycles. The van der Waals surface area contributed by atoms with E-state index in [9.17, 15) is 8.78 Å². The van der Waals surface area contributed by atoms with Gasteiger partial charge in [-0.1, -0.05) is 18.2 Å². The predicted molar refractivity (Wildman–Crippen MR) is 79.4 cm³/mol. The number of rotatable bonds is 5. The van der Waals surface area contributed by atoms with E-state index in [0.717, 1.165) is 15.9 Å². The molecular formula is C14H16BrF2N3O. The molecule has 4 nitrogen and oxygen atoms in total. The van der Waals surface area contributed by atoms with E-state index in [0.29, 0.717) is 12.0 Å². The fourth-order valence-corrected chi connectivity index (χ4v) is 2.71. The summed E-state index contributed by atoms with van der Waals surface area (Å²) >= 11 is 3.47. The normalized spacial score (nSPS) is 12.7. The van der Waals surface area contributed by atoms with Crippen molar-refractivity contribution in [2.75, 3.05) is 0 Å². The van der Waals surface area contributed by atoms with Crippen LogP contribution in [0.3, 0.4) is 0 Å². The van der Waals surface area contributed by atoms with Gasteiger partial charge in [0.25, 0.3) is 0 Å². The zero-order valence-electron chi connectivity index (χ0n) is 11.7. The molecule has 0 aliphatic rings. The zero-order chi connectivity index (χ0) is 15.6. The summed E-state index contributed by atoms with van der Waals surface area (Å²) in [6.45, 7) is -0.989. The molecule has 0 aliphatic carbocycles. The first-order valence-electron chi connectivity index (χ1n) is 6.37. The quantitative estimate of drug-likeness (QED) is 0.890. The lowest BCUT2D eigenvalue weighted by molar-refractivity contribution is -0.0506. The Morgan fingerprint density at radius 3 is 2.62 bits per heavy atom. The van der Waals surface area contributed by atoms with Crippen molar-refractivity contribution in [1.29, 1.82) is 0 Å². The molecule has 0 saturated carbocycles. The number of nitrogens with zero attached hydrogens (tertiary/aromatic N) is 2. The van der Waals surface area contributed by atoms with E-state index in [-0.39, 0.29) is 5.75 Å². The molecule has 0 fully saturated rings. The van der Waals surface area contributed by atoms with Gasteiger partial charge in [0, 0.05) is 25.1 Å². The van der Waals surface area contributed by atoms with Crippen molar-refractivity contribution in [2.24, 2.45) is 12.8 Å². The molecule has 1 atom stereocenters. The Bertz CT molecular complexity index is 631. The van der Waals surface area contributed by atoms with E-state index < -0.39 is 12.7 Å². The second-order valence-electron chi connectivity index (χ2n) is 4.70. The first-order valence-corrected chi connectivity index (χ1v) is 7.16. The highest BCUT2D eigenvalue weighted by Gasteiger charge is 2.19. The van der Waals surface area contributed by atoms with Gasteiger partial charge in [-0.2, -0.15) is 13.9 Å². The highest BCUT2D eigenvalue weighted by molar-refractivity contribution is 9.10.